The fourth-order valence-electron chi connectivity index (χ4n) is 1.63. The highest BCUT2D eigenvalue weighted by Crippen LogP contribution is 2.18. The largest absolute Gasteiger partial charge is 0.478 e. The van der Waals surface area contributed by atoms with Gasteiger partial charge in [-0.2, -0.15) is 0 Å². The molecule has 1 rings (SSSR count). The maximum atomic E-state index is 10.6. The number of esters is 1. The summed E-state index contributed by atoms with van der Waals surface area (Å²) < 4.78 is 10.1. The molecule has 0 aromatic carbocycles. The van der Waals surface area contributed by atoms with Crippen LogP contribution in [0, 0.1) is 0 Å². The third-order valence-electron chi connectivity index (χ3n) is 2.88. The average Bonchev–Trinajstić information content (AvgIpc) is 2.95. The molecule has 1 aliphatic heterocycles. The van der Waals surface area contributed by atoms with E-state index in [0.29, 0.717) is 18.6 Å². The molecule has 5 heteroatoms. The normalized spacial score (nSPS) is 16.6. The summed E-state index contributed by atoms with van der Waals surface area (Å²) in [7, 11) is 0. The number of hydrogen-bond donors (Lipinski definition) is 1. The number of carbonyl (C=O) groups is 2. The summed E-state index contributed by atoms with van der Waals surface area (Å²) in [4.78, 5) is 20.9. The predicted octanol–water partition coefficient (Wildman–Crippen LogP) is 3.10. The van der Waals surface area contributed by atoms with Gasteiger partial charge in [-0.25, -0.2) is 9.59 Å². The molecule has 1 unspecified atom stereocenters. The van der Waals surface area contributed by atoms with Gasteiger partial charge >= 0.3 is 11.9 Å². The van der Waals surface area contributed by atoms with Crippen LogP contribution in [0.3, 0.4) is 0 Å². The Morgan fingerprint density at radius 3 is 2.48 bits per heavy atom. The highest BCUT2D eigenvalue weighted by atomic mass is 16.5. The van der Waals surface area contributed by atoms with Crippen LogP contribution in [-0.4, -0.2) is 36.4 Å². The van der Waals surface area contributed by atoms with Gasteiger partial charge in [-0.3, -0.25) is 0 Å². The van der Waals surface area contributed by atoms with Crippen LogP contribution in [0.25, 0.3) is 0 Å². The van der Waals surface area contributed by atoms with E-state index in [1.165, 1.54) is 0 Å². The Bertz CT molecular complexity index is 367. The van der Waals surface area contributed by atoms with Crippen molar-refractivity contribution in [3.8, 4) is 0 Å². The van der Waals surface area contributed by atoms with Crippen LogP contribution in [0.2, 0.25) is 0 Å². The van der Waals surface area contributed by atoms with Crippen molar-refractivity contribution in [1.82, 2.24) is 0 Å². The summed E-state index contributed by atoms with van der Waals surface area (Å²) in [5, 5.41) is 8.52. The monoisotopic (exact) mass is 298 g/mol. The molecule has 120 valence electrons. The first-order valence-corrected chi connectivity index (χ1v) is 7.23. The van der Waals surface area contributed by atoms with Gasteiger partial charge in [0.25, 0.3) is 0 Å². The van der Waals surface area contributed by atoms with E-state index in [9.17, 15) is 9.59 Å². The standard InChI is InChI=1S/C9H14O3.C7H12O2/c1-7(9(10)11)4-5-8-3-2-6-12-8;1-4-5-9-7(8)6(2)3/h8H,1-6H2,(H,10,11);2,4-5H2,1,3H3. The minimum Gasteiger partial charge on any atom is -0.478 e. The Labute approximate surface area is 126 Å². The van der Waals surface area contributed by atoms with Crippen molar-refractivity contribution in [2.45, 2.75) is 52.1 Å². The third-order valence-corrected chi connectivity index (χ3v) is 2.88. The second-order valence-electron chi connectivity index (χ2n) is 5.00. The summed E-state index contributed by atoms with van der Waals surface area (Å²) in [5.74, 6) is -1.19. The van der Waals surface area contributed by atoms with Crippen molar-refractivity contribution >= 4 is 11.9 Å². The predicted molar refractivity (Wildman–Crippen MR) is 81.0 cm³/mol. The summed E-state index contributed by atoms with van der Waals surface area (Å²) in [5.41, 5.74) is 0.744. The molecule has 21 heavy (non-hydrogen) atoms. The number of rotatable bonds is 7. The molecule has 0 saturated carbocycles. The van der Waals surface area contributed by atoms with E-state index in [0.717, 1.165) is 32.3 Å². The lowest BCUT2D eigenvalue weighted by Gasteiger charge is -2.07. The SMILES string of the molecule is C=C(C)C(=O)OCCC.C=C(CCC1CCCO1)C(=O)O. The van der Waals surface area contributed by atoms with E-state index in [2.05, 4.69) is 13.2 Å². The number of carboxylic acid groups (broad SMARTS) is 1. The van der Waals surface area contributed by atoms with E-state index in [1.807, 2.05) is 6.92 Å². The Morgan fingerprint density at radius 2 is 2.05 bits per heavy atom. The van der Waals surface area contributed by atoms with Gasteiger partial charge in [0.2, 0.25) is 0 Å². The molecule has 1 fully saturated rings. The van der Waals surface area contributed by atoms with Gasteiger partial charge < -0.3 is 14.6 Å². The number of carbonyl (C=O) groups excluding carboxylic acids is 1. The molecule has 0 radical (unpaired) electrons. The van der Waals surface area contributed by atoms with E-state index in [-0.39, 0.29) is 17.6 Å². The highest BCUT2D eigenvalue weighted by molar-refractivity contribution is 5.86. The zero-order valence-corrected chi connectivity index (χ0v) is 13.0. The van der Waals surface area contributed by atoms with Crippen LogP contribution in [0.5, 0.6) is 0 Å². The van der Waals surface area contributed by atoms with E-state index < -0.39 is 5.97 Å². The molecule has 0 bridgehead atoms. The lowest BCUT2D eigenvalue weighted by molar-refractivity contribution is -0.139. The topological polar surface area (TPSA) is 72.8 Å². The van der Waals surface area contributed by atoms with Gasteiger partial charge in [0.15, 0.2) is 0 Å². The maximum absolute atomic E-state index is 10.6. The number of ether oxygens (including phenoxy) is 2. The lowest BCUT2D eigenvalue weighted by atomic mass is 10.1. The van der Waals surface area contributed by atoms with Crippen molar-refractivity contribution in [2.75, 3.05) is 13.2 Å². The van der Waals surface area contributed by atoms with E-state index >= 15 is 0 Å². The molecule has 0 amide bonds. The van der Waals surface area contributed by atoms with Crippen LogP contribution < -0.4 is 0 Å². The minimum absolute atomic E-state index is 0.265. The van der Waals surface area contributed by atoms with Gasteiger partial charge in [0.05, 0.1) is 12.7 Å². The average molecular weight is 298 g/mol. The third kappa shape index (κ3) is 9.85. The molecular formula is C16H26O5. The molecule has 0 aliphatic carbocycles. The number of aliphatic carboxylic acids is 1. The quantitative estimate of drug-likeness (QED) is 0.577. The first kappa shape index (κ1) is 19.4. The summed E-state index contributed by atoms with van der Waals surface area (Å²) in [6.45, 7) is 11.8. The second-order valence-corrected chi connectivity index (χ2v) is 5.00. The molecule has 0 spiro atoms. The van der Waals surface area contributed by atoms with E-state index in [4.69, 9.17) is 14.6 Å². The molecular weight excluding hydrogens is 272 g/mol. The number of hydrogen-bond acceptors (Lipinski definition) is 4. The van der Waals surface area contributed by atoms with Gasteiger partial charge in [0, 0.05) is 17.8 Å². The second kappa shape index (κ2) is 11.1. The van der Waals surface area contributed by atoms with Crippen LogP contribution in [0.1, 0.15) is 46.0 Å². The smallest absolute Gasteiger partial charge is 0.333 e. The van der Waals surface area contributed by atoms with Crippen LogP contribution >= 0.6 is 0 Å². The fraction of sp³-hybridized carbons (Fsp3) is 0.625. The zero-order valence-electron chi connectivity index (χ0n) is 13.0. The lowest BCUT2D eigenvalue weighted by Crippen LogP contribution is -2.07. The molecule has 1 atom stereocenters. The summed E-state index contributed by atoms with van der Waals surface area (Å²) in [6, 6.07) is 0. The van der Waals surface area contributed by atoms with Crippen molar-refractivity contribution in [2.24, 2.45) is 0 Å². The Morgan fingerprint density at radius 1 is 1.38 bits per heavy atom. The van der Waals surface area contributed by atoms with Crippen molar-refractivity contribution in [3.63, 3.8) is 0 Å². The van der Waals surface area contributed by atoms with Gasteiger partial charge in [-0.05, 0) is 39.0 Å². The molecule has 5 nitrogen and oxygen atoms in total. The van der Waals surface area contributed by atoms with Crippen LogP contribution in [0.4, 0.5) is 0 Å². The maximum Gasteiger partial charge on any atom is 0.333 e. The fourth-order valence-corrected chi connectivity index (χ4v) is 1.63. The molecule has 1 heterocycles. The van der Waals surface area contributed by atoms with E-state index in [1.54, 1.807) is 6.92 Å². The van der Waals surface area contributed by atoms with Gasteiger partial charge in [-0.1, -0.05) is 20.1 Å². The summed E-state index contributed by atoms with van der Waals surface area (Å²) >= 11 is 0. The number of carboxylic acids is 1. The molecule has 0 aromatic rings. The van der Waals surface area contributed by atoms with Crippen molar-refractivity contribution < 1.29 is 24.2 Å². The molecule has 1 N–H and O–H groups in total. The molecule has 0 aromatic heterocycles. The Kier molecular flexibility index (Phi) is 10.2. The highest BCUT2D eigenvalue weighted by Gasteiger charge is 2.16. The minimum atomic E-state index is -0.895. The molecule has 1 saturated heterocycles. The van der Waals surface area contributed by atoms with Gasteiger partial charge in [0.1, 0.15) is 0 Å². The first-order valence-electron chi connectivity index (χ1n) is 7.23. The Balaban J connectivity index is 0.000000400. The van der Waals surface area contributed by atoms with Crippen molar-refractivity contribution in [3.05, 3.63) is 24.3 Å². The first-order chi connectivity index (χ1) is 9.88. The van der Waals surface area contributed by atoms with Crippen molar-refractivity contribution in [1.29, 1.82) is 0 Å². The van der Waals surface area contributed by atoms with Crippen LogP contribution in [0.15, 0.2) is 24.3 Å². The molecule has 1 aliphatic rings. The summed E-state index contributed by atoms with van der Waals surface area (Å²) in [6.07, 6.45) is 4.63. The Hall–Kier alpha value is -1.62. The van der Waals surface area contributed by atoms with Crippen LogP contribution in [-0.2, 0) is 19.1 Å². The zero-order chi connectivity index (χ0) is 16.3. The van der Waals surface area contributed by atoms with Gasteiger partial charge in [-0.15, -0.1) is 0 Å².